The predicted molar refractivity (Wildman–Crippen MR) is 156 cm³/mol. The van der Waals surface area contributed by atoms with Crippen LogP contribution in [0.5, 0.6) is 0 Å². The number of amidine groups is 1. The molecule has 0 aromatic heterocycles. The van der Waals surface area contributed by atoms with Gasteiger partial charge in [0.05, 0.1) is 22.1 Å². The maximum atomic E-state index is 13.9. The van der Waals surface area contributed by atoms with Crippen molar-refractivity contribution in [2.75, 3.05) is 34.8 Å². The van der Waals surface area contributed by atoms with E-state index in [1.165, 1.54) is 11.8 Å². The van der Waals surface area contributed by atoms with E-state index < -0.39 is 0 Å². The number of hydrogen-bond acceptors (Lipinski definition) is 6. The van der Waals surface area contributed by atoms with Crippen molar-refractivity contribution in [2.24, 2.45) is 4.99 Å². The summed E-state index contributed by atoms with van der Waals surface area (Å²) in [5.41, 5.74) is 4.92. The Bertz CT molecular complexity index is 1370. The molecule has 8 heteroatoms. The molecule has 0 unspecified atom stereocenters. The van der Waals surface area contributed by atoms with Gasteiger partial charge in [0.25, 0.3) is 5.91 Å². The molecule has 5 rings (SSSR count). The zero-order valence-electron chi connectivity index (χ0n) is 20.7. The van der Waals surface area contributed by atoms with Gasteiger partial charge in [0, 0.05) is 35.7 Å². The molecule has 0 bridgehead atoms. The molecule has 3 aromatic rings. The summed E-state index contributed by atoms with van der Waals surface area (Å²) in [6.45, 7) is 8.24. The number of nitrogens with zero attached hydrogens (tertiary/aromatic N) is 4. The predicted octanol–water partition coefficient (Wildman–Crippen LogP) is 7.67. The first-order valence-corrected chi connectivity index (χ1v) is 13.9. The number of benzene rings is 3. The molecule has 36 heavy (non-hydrogen) atoms. The monoisotopic (exact) mass is 534 g/mol. The maximum absolute atomic E-state index is 13.9. The molecule has 1 fully saturated rings. The molecule has 2 heterocycles. The fourth-order valence-corrected chi connectivity index (χ4v) is 6.75. The van der Waals surface area contributed by atoms with Gasteiger partial charge in [0.15, 0.2) is 5.17 Å². The van der Waals surface area contributed by atoms with E-state index in [-0.39, 0.29) is 5.91 Å². The number of halogens is 1. The molecular formula is C28H27ClN4OS2. The highest BCUT2D eigenvalue weighted by Crippen LogP contribution is 2.51. The largest absolute Gasteiger partial charge is 0.372 e. The minimum absolute atomic E-state index is 0.0735. The second-order valence-corrected chi connectivity index (χ2v) is 11.0. The molecule has 0 saturated carbocycles. The van der Waals surface area contributed by atoms with Crippen molar-refractivity contribution in [3.8, 4) is 0 Å². The fraction of sp³-hybridized carbons (Fsp3) is 0.214. The van der Waals surface area contributed by atoms with Crippen LogP contribution in [0.25, 0.3) is 0 Å². The van der Waals surface area contributed by atoms with Gasteiger partial charge in [0.1, 0.15) is 4.91 Å². The molecule has 3 aromatic carbocycles. The zero-order chi connectivity index (χ0) is 25.4. The van der Waals surface area contributed by atoms with E-state index in [1.54, 1.807) is 16.7 Å². The highest BCUT2D eigenvalue weighted by Gasteiger charge is 2.40. The first-order valence-electron chi connectivity index (χ1n) is 11.9. The first kappa shape index (κ1) is 24.8. The molecule has 184 valence electrons. The summed E-state index contributed by atoms with van der Waals surface area (Å²) in [7, 11) is 1.97. The summed E-state index contributed by atoms with van der Waals surface area (Å²) >= 11 is 9.26. The maximum Gasteiger partial charge on any atom is 0.274 e. The second kappa shape index (κ2) is 10.2. The van der Waals surface area contributed by atoms with Gasteiger partial charge in [-0.2, -0.15) is 0 Å². The quantitative estimate of drug-likeness (QED) is 0.314. The van der Waals surface area contributed by atoms with Crippen molar-refractivity contribution in [2.45, 2.75) is 25.7 Å². The Morgan fingerprint density at radius 1 is 0.944 bits per heavy atom. The molecule has 1 amide bonds. The minimum atomic E-state index is -0.0735. The minimum Gasteiger partial charge on any atom is -0.372 e. The topological polar surface area (TPSA) is 39.1 Å². The van der Waals surface area contributed by atoms with Crippen LogP contribution in [0.1, 0.15) is 19.4 Å². The van der Waals surface area contributed by atoms with Gasteiger partial charge in [-0.05, 0) is 87.1 Å². The summed E-state index contributed by atoms with van der Waals surface area (Å²) < 4.78 is 0. The van der Waals surface area contributed by atoms with Crippen molar-refractivity contribution in [3.05, 3.63) is 87.3 Å². The highest BCUT2D eigenvalue weighted by atomic mass is 35.5. The summed E-state index contributed by atoms with van der Waals surface area (Å²) in [4.78, 5) is 26.6. The molecule has 0 spiro atoms. The van der Waals surface area contributed by atoms with Crippen molar-refractivity contribution < 1.29 is 4.79 Å². The van der Waals surface area contributed by atoms with Crippen LogP contribution in [0.2, 0.25) is 5.02 Å². The number of aryl methyl sites for hydroxylation is 1. The van der Waals surface area contributed by atoms with Crippen LogP contribution in [-0.4, -0.2) is 31.2 Å². The van der Waals surface area contributed by atoms with E-state index in [4.69, 9.17) is 16.6 Å². The van der Waals surface area contributed by atoms with Gasteiger partial charge in [-0.1, -0.05) is 41.1 Å². The standard InChI is InChI=1S/C28H27ClN4OS2/c1-5-32(6-2)21-14-10-20(11-15-21)30-28-33(22-12-7-18(3)8-13-22)26(34)25(36-28)27-31(4)23-17-19(29)9-16-24(23)35-27/h7-17H,5-6H2,1-4H3/b27-25-,30-28?. The SMILES string of the molecule is CCN(CC)c1ccc(N=C2S/C(=C3\Sc4ccc(Cl)cc4N3C)C(=O)N2c2ccc(C)cc2)cc1. The molecule has 2 aliphatic heterocycles. The summed E-state index contributed by atoms with van der Waals surface area (Å²) in [5, 5.41) is 2.21. The van der Waals surface area contributed by atoms with Gasteiger partial charge in [-0.3, -0.25) is 9.69 Å². The van der Waals surface area contributed by atoms with E-state index in [2.05, 4.69) is 30.9 Å². The summed E-state index contributed by atoms with van der Waals surface area (Å²) in [6, 6.07) is 22.0. The van der Waals surface area contributed by atoms with Crippen LogP contribution in [0.3, 0.4) is 0 Å². The Morgan fingerprint density at radius 3 is 2.31 bits per heavy atom. The molecule has 0 atom stereocenters. The van der Waals surface area contributed by atoms with Gasteiger partial charge in [0.2, 0.25) is 0 Å². The van der Waals surface area contributed by atoms with E-state index in [9.17, 15) is 4.79 Å². The number of anilines is 3. The molecule has 0 N–H and O–H groups in total. The van der Waals surface area contributed by atoms with Crippen molar-refractivity contribution in [3.63, 3.8) is 0 Å². The van der Waals surface area contributed by atoms with E-state index in [0.29, 0.717) is 15.1 Å². The highest BCUT2D eigenvalue weighted by molar-refractivity contribution is 8.20. The molecular weight excluding hydrogens is 508 g/mol. The average molecular weight is 535 g/mol. The molecule has 2 aliphatic rings. The van der Waals surface area contributed by atoms with Crippen LogP contribution in [-0.2, 0) is 4.79 Å². The summed E-state index contributed by atoms with van der Waals surface area (Å²) in [6.07, 6.45) is 0. The number of amides is 1. The van der Waals surface area contributed by atoms with Gasteiger partial charge in [-0.25, -0.2) is 4.99 Å². The van der Waals surface area contributed by atoms with E-state index in [1.807, 2.05) is 73.5 Å². The lowest BCUT2D eigenvalue weighted by Gasteiger charge is -2.21. The fourth-order valence-electron chi connectivity index (χ4n) is 4.26. The lowest BCUT2D eigenvalue weighted by molar-refractivity contribution is -0.113. The van der Waals surface area contributed by atoms with Gasteiger partial charge in [-0.15, -0.1) is 0 Å². The number of rotatable bonds is 5. The molecule has 0 radical (unpaired) electrons. The third-order valence-electron chi connectivity index (χ3n) is 6.27. The lowest BCUT2D eigenvalue weighted by Crippen LogP contribution is -2.29. The molecule has 5 nitrogen and oxygen atoms in total. The average Bonchev–Trinajstić information content (AvgIpc) is 3.37. The second-order valence-electron chi connectivity index (χ2n) is 8.57. The lowest BCUT2D eigenvalue weighted by atomic mass is 10.2. The van der Waals surface area contributed by atoms with E-state index in [0.717, 1.165) is 51.3 Å². The number of aliphatic imine (C=N–C) groups is 1. The van der Waals surface area contributed by atoms with Crippen LogP contribution >= 0.6 is 35.1 Å². The van der Waals surface area contributed by atoms with Crippen LogP contribution in [0, 0.1) is 6.92 Å². The Labute approximate surface area is 225 Å². The van der Waals surface area contributed by atoms with Crippen LogP contribution in [0.15, 0.2) is 86.6 Å². The molecule has 1 saturated heterocycles. The van der Waals surface area contributed by atoms with E-state index >= 15 is 0 Å². The third kappa shape index (κ3) is 4.63. The van der Waals surface area contributed by atoms with Crippen molar-refractivity contribution in [1.82, 2.24) is 0 Å². The number of thioether (sulfide) groups is 2. The third-order valence-corrected chi connectivity index (χ3v) is 8.89. The first-order chi connectivity index (χ1) is 17.4. The number of carbonyl (C=O) groups excluding carboxylic acids is 1. The number of carbonyl (C=O) groups is 1. The van der Waals surface area contributed by atoms with Crippen molar-refractivity contribution in [1.29, 1.82) is 0 Å². The smallest absolute Gasteiger partial charge is 0.274 e. The van der Waals surface area contributed by atoms with Crippen molar-refractivity contribution >= 4 is 68.9 Å². The number of fused-ring (bicyclic) bond motifs is 1. The Balaban J connectivity index is 1.55. The zero-order valence-corrected chi connectivity index (χ0v) is 23.0. The number of hydrogen-bond donors (Lipinski definition) is 0. The summed E-state index contributed by atoms with van der Waals surface area (Å²) in [5.74, 6) is -0.0735. The van der Waals surface area contributed by atoms with Gasteiger partial charge >= 0.3 is 0 Å². The Kier molecular flexibility index (Phi) is 7.06. The van der Waals surface area contributed by atoms with Crippen LogP contribution in [0.4, 0.5) is 22.7 Å². The van der Waals surface area contributed by atoms with Crippen LogP contribution < -0.4 is 14.7 Å². The Morgan fingerprint density at radius 2 is 1.64 bits per heavy atom. The normalized spacial score (nSPS) is 18.4. The Hall–Kier alpha value is -2.87. The van der Waals surface area contributed by atoms with Gasteiger partial charge < -0.3 is 9.80 Å². The molecule has 0 aliphatic carbocycles.